The van der Waals surface area contributed by atoms with Crippen LogP contribution in [-0.4, -0.2) is 42.3 Å². The van der Waals surface area contributed by atoms with Crippen LogP contribution in [0.4, 0.5) is 4.39 Å². The maximum Gasteiger partial charge on any atom is 0.226 e. The van der Waals surface area contributed by atoms with E-state index in [1.165, 1.54) is 31.4 Å². The van der Waals surface area contributed by atoms with Crippen LogP contribution in [0.1, 0.15) is 51.1 Å². The molecule has 1 heterocycles. The molecule has 0 bridgehead atoms. The summed E-state index contributed by atoms with van der Waals surface area (Å²) >= 11 is 0. The van der Waals surface area contributed by atoms with Gasteiger partial charge in [0.25, 0.3) is 0 Å². The number of hydrogen-bond donors (Lipinski definition) is 3. The Balaban J connectivity index is 1.54. The van der Waals surface area contributed by atoms with Gasteiger partial charge in [0.1, 0.15) is 12.1 Å². The molecule has 1 aromatic heterocycles. The predicted octanol–water partition coefficient (Wildman–Crippen LogP) is 3.91. The molecular weight excluding hydrogens is 383 g/mol. The van der Waals surface area contributed by atoms with E-state index in [1.807, 2.05) is 6.92 Å². The Hall–Kier alpha value is -2.41. The molecule has 0 amide bonds. The highest BCUT2D eigenvalue weighted by atomic mass is 19.1. The summed E-state index contributed by atoms with van der Waals surface area (Å²) in [5, 5.41) is 16.2. The normalized spacial score (nSPS) is 16.4. The monoisotopic (exact) mass is 416 g/mol. The van der Waals surface area contributed by atoms with E-state index in [9.17, 15) is 9.50 Å². The molecule has 1 aromatic carbocycles. The first-order valence-electron chi connectivity index (χ1n) is 11.0. The molecule has 0 radical (unpaired) electrons. The van der Waals surface area contributed by atoms with Crippen molar-refractivity contribution in [3.05, 3.63) is 42.0 Å². The minimum absolute atomic E-state index is 0.130. The largest absolute Gasteiger partial charge is 0.444 e. The molecule has 0 aliphatic heterocycles. The zero-order valence-electron chi connectivity index (χ0n) is 17.8. The second-order valence-electron chi connectivity index (χ2n) is 8.06. The molecule has 164 valence electrons. The van der Waals surface area contributed by atoms with E-state index in [0.717, 1.165) is 49.6 Å². The topological polar surface area (TPSA) is 82.7 Å². The summed E-state index contributed by atoms with van der Waals surface area (Å²) in [7, 11) is 0. The third-order valence-electron chi connectivity index (χ3n) is 5.79. The average Bonchev–Trinajstić information content (AvgIpc) is 3.22. The Labute approximate surface area is 178 Å². The van der Waals surface area contributed by atoms with Crippen molar-refractivity contribution in [1.82, 2.24) is 15.6 Å². The highest BCUT2D eigenvalue weighted by molar-refractivity contribution is 5.79. The van der Waals surface area contributed by atoms with Gasteiger partial charge in [-0.05, 0) is 55.9 Å². The van der Waals surface area contributed by atoms with Crippen molar-refractivity contribution >= 4 is 5.96 Å². The predicted molar refractivity (Wildman–Crippen MR) is 117 cm³/mol. The van der Waals surface area contributed by atoms with Crippen LogP contribution in [0.15, 0.2) is 39.9 Å². The summed E-state index contributed by atoms with van der Waals surface area (Å²) in [4.78, 5) is 9.31. The van der Waals surface area contributed by atoms with Gasteiger partial charge in [0, 0.05) is 38.2 Å². The lowest BCUT2D eigenvalue weighted by Crippen LogP contribution is -2.40. The van der Waals surface area contributed by atoms with Crippen LogP contribution in [-0.2, 0) is 6.42 Å². The Kier molecular flexibility index (Phi) is 8.25. The van der Waals surface area contributed by atoms with E-state index in [0.29, 0.717) is 18.9 Å². The van der Waals surface area contributed by atoms with E-state index in [2.05, 4.69) is 15.6 Å². The molecule has 0 unspecified atom stereocenters. The highest BCUT2D eigenvalue weighted by Gasteiger charge is 2.31. The fraction of sp³-hybridized carbons (Fsp3) is 0.565. The molecule has 1 aliphatic carbocycles. The van der Waals surface area contributed by atoms with Crippen LogP contribution in [0.5, 0.6) is 0 Å². The van der Waals surface area contributed by atoms with Crippen LogP contribution in [0, 0.1) is 11.2 Å². The average molecular weight is 417 g/mol. The quantitative estimate of drug-likeness (QED) is 0.426. The highest BCUT2D eigenvalue weighted by Crippen LogP contribution is 2.39. The van der Waals surface area contributed by atoms with Crippen molar-refractivity contribution in [1.29, 1.82) is 0 Å². The first-order valence-corrected chi connectivity index (χ1v) is 11.0. The van der Waals surface area contributed by atoms with Crippen molar-refractivity contribution in [2.24, 2.45) is 10.4 Å². The van der Waals surface area contributed by atoms with E-state index in [1.54, 1.807) is 18.4 Å². The molecule has 1 saturated carbocycles. The minimum Gasteiger partial charge on any atom is -0.444 e. The number of benzene rings is 1. The molecule has 30 heavy (non-hydrogen) atoms. The first kappa shape index (κ1) is 22.3. The second kappa shape index (κ2) is 11.1. The standard InChI is InChI=1S/C23H33FN4O2/c1-2-25-22(27-17-23(13-15-29)11-4-3-5-12-23)26-14-10-20-16-30-21(28-20)18-6-8-19(24)9-7-18/h6-9,16,29H,2-5,10-15,17H2,1H3,(H2,25,26,27). The Morgan fingerprint density at radius 3 is 2.67 bits per heavy atom. The van der Waals surface area contributed by atoms with Gasteiger partial charge in [0.2, 0.25) is 5.89 Å². The molecule has 2 aromatic rings. The number of aromatic nitrogens is 1. The van der Waals surface area contributed by atoms with Crippen LogP contribution < -0.4 is 10.6 Å². The number of nitrogens with zero attached hydrogens (tertiary/aromatic N) is 2. The fourth-order valence-electron chi connectivity index (χ4n) is 4.07. The van der Waals surface area contributed by atoms with E-state index >= 15 is 0 Å². The number of rotatable bonds is 9. The van der Waals surface area contributed by atoms with E-state index < -0.39 is 0 Å². The number of aliphatic hydroxyl groups is 1. The third kappa shape index (κ3) is 6.29. The lowest BCUT2D eigenvalue weighted by Gasteiger charge is -2.35. The van der Waals surface area contributed by atoms with Gasteiger partial charge in [-0.3, -0.25) is 4.99 Å². The minimum atomic E-state index is -0.279. The van der Waals surface area contributed by atoms with Gasteiger partial charge in [0.15, 0.2) is 5.96 Å². The van der Waals surface area contributed by atoms with Crippen molar-refractivity contribution < 1.29 is 13.9 Å². The van der Waals surface area contributed by atoms with Crippen molar-refractivity contribution in [3.8, 4) is 11.5 Å². The number of hydrogen-bond acceptors (Lipinski definition) is 4. The lowest BCUT2D eigenvalue weighted by atomic mass is 9.72. The summed E-state index contributed by atoms with van der Waals surface area (Å²) in [6, 6.07) is 6.12. The molecule has 1 aliphatic rings. The van der Waals surface area contributed by atoms with Gasteiger partial charge in [-0.25, -0.2) is 9.37 Å². The van der Waals surface area contributed by atoms with Gasteiger partial charge in [-0.15, -0.1) is 0 Å². The Morgan fingerprint density at radius 1 is 1.20 bits per heavy atom. The van der Waals surface area contributed by atoms with Crippen molar-refractivity contribution in [2.75, 3.05) is 26.2 Å². The summed E-state index contributed by atoms with van der Waals surface area (Å²) in [6.07, 6.45) is 9.17. The molecule has 0 saturated heterocycles. The molecule has 7 heteroatoms. The third-order valence-corrected chi connectivity index (χ3v) is 5.79. The van der Waals surface area contributed by atoms with Gasteiger partial charge >= 0.3 is 0 Å². The van der Waals surface area contributed by atoms with Gasteiger partial charge < -0.3 is 20.2 Å². The number of oxazole rings is 1. The van der Waals surface area contributed by atoms with Gasteiger partial charge in [-0.2, -0.15) is 0 Å². The molecule has 3 rings (SSSR count). The number of aliphatic hydroxyl groups excluding tert-OH is 1. The van der Waals surface area contributed by atoms with Crippen LogP contribution in [0.25, 0.3) is 11.5 Å². The lowest BCUT2D eigenvalue weighted by molar-refractivity contribution is 0.137. The zero-order chi connectivity index (χ0) is 21.2. The smallest absolute Gasteiger partial charge is 0.226 e. The van der Waals surface area contributed by atoms with Gasteiger partial charge in [0.05, 0.1) is 5.69 Å². The number of guanidine groups is 1. The second-order valence-corrected chi connectivity index (χ2v) is 8.06. The molecule has 6 nitrogen and oxygen atoms in total. The molecule has 0 atom stereocenters. The number of halogens is 1. The van der Waals surface area contributed by atoms with Crippen LogP contribution in [0.3, 0.4) is 0 Å². The summed E-state index contributed by atoms with van der Waals surface area (Å²) < 4.78 is 18.6. The molecule has 1 fully saturated rings. The summed E-state index contributed by atoms with van der Waals surface area (Å²) in [6.45, 7) is 4.48. The maximum absolute atomic E-state index is 13.1. The molecule has 0 spiro atoms. The van der Waals surface area contributed by atoms with E-state index in [4.69, 9.17) is 9.41 Å². The van der Waals surface area contributed by atoms with Crippen LogP contribution >= 0.6 is 0 Å². The van der Waals surface area contributed by atoms with Crippen molar-refractivity contribution in [3.63, 3.8) is 0 Å². The maximum atomic E-state index is 13.1. The zero-order valence-corrected chi connectivity index (χ0v) is 17.8. The fourth-order valence-corrected chi connectivity index (χ4v) is 4.07. The number of nitrogens with one attached hydrogen (secondary N) is 2. The summed E-state index contributed by atoms with van der Waals surface area (Å²) in [5.41, 5.74) is 1.72. The SMILES string of the molecule is CCNC(=NCC1(CCO)CCCCC1)NCCc1coc(-c2ccc(F)cc2)n1. The Morgan fingerprint density at radius 2 is 1.97 bits per heavy atom. The van der Waals surface area contributed by atoms with Gasteiger partial charge in [-0.1, -0.05) is 19.3 Å². The molecule has 3 N–H and O–H groups in total. The van der Waals surface area contributed by atoms with Crippen LogP contribution in [0.2, 0.25) is 0 Å². The first-order chi connectivity index (χ1) is 14.6. The van der Waals surface area contributed by atoms with E-state index in [-0.39, 0.29) is 17.8 Å². The van der Waals surface area contributed by atoms with Crippen molar-refractivity contribution in [2.45, 2.75) is 51.9 Å². The number of aliphatic imine (C=N–C) groups is 1. The Bertz CT molecular complexity index is 792. The summed E-state index contributed by atoms with van der Waals surface area (Å²) in [5.74, 6) is 1.01. The molecular formula is C23H33FN4O2.